The minimum Gasteiger partial charge on any atom is -0.480 e. The first-order chi connectivity index (χ1) is 17.2. The van der Waals surface area contributed by atoms with Gasteiger partial charge in [-0.05, 0) is 6.92 Å². The number of carbonyl (C=O) groups is 5. The van der Waals surface area contributed by atoms with Crippen molar-refractivity contribution in [2.24, 2.45) is 0 Å². The van der Waals surface area contributed by atoms with E-state index in [0.29, 0.717) is 11.4 Å². The number of aromatic amines is 2. The third-order valence-electron chi connectivity index (χ3n) is 4.94. The van der Waals surface area contributed by atoms with Crippen molar-refractivity contribution in [3.63, 3.8) is 0 Å². The first-order valence-electron chi connectivity index (χ1n) is 11.1. The predicted octanol–water partition coefficient (Wildman–Crippen LogP) is -2.98. The number of H-pyrrole nitrogens is 2. The number of imidazole rings is 2. The minimum absolute atomic E-state index is 0.00971. The van der Waals surface area contributed by atoms with Gasteiger partial charge < -0.3 is 41.4 Å². The normalized spacial score (nSPS) is 13.3. The molecule has 15 nitrogen and oxygen atoms in total. The van der Waals surface area contributed by atoms with E-state index in [9.17, 15) is 34.2 Å². The number of ketones is 1. The zero-order chi connectivity index (χ0) is 26.5. The van der Waals surface area contributed by atoms with Gasteiger partial charge in [-0.25, -0.2) is 14.8 Å². The quantitative estimate of drug-likeness (QED) is 0.108. The number of aliphatic carboxylic acids is 1. The molecule has 0 aliphatic rings. The monoisotopic (exact) mass is 506 g/mol. The number of amides is 3. The van der Waals surface area contributed by atoms with Gasteiger partial charge in [-0.3, -0.25) is 19.2 Å². The summed E-state index contributed by atoms with van der Waals surface area (Å²) in [5, 5.41) is 29.1. The number of hydrogen-bond donors (Lipinski definition) is 8. The molecule has 2 rings (SSSR count). The van der Waals surface area contributed by atoms with Gasteiger partial charge in [-0.15, -0.1) is 0 Å². The van der Waals surface area contributed by atoms with Crippen LogP contribution in [0.1, 0.15) is 24.7 Å². The maximum Gasteiger partial charge on any atom is 0.326 e. The fraction of sp³-hybridized carbons (Fsp3) is 0.476. The number of Topliss-reactive ketones (excluding diaryl/α,β-unsaturated/α-hetero) is 1. The molecule has 0 saturated heterocycles. The van der Waals surface area contributed by atoms with Gasteiger partial charge in [0.2, 0.25) is 17.7 Å². The fourth-order valence-corrected chi connectivity index (χ4v) is 3.11. The zero-order valence-corrected chi connectivity index (χ0v) is 19.6. The highest BCUT2D eigenvalue weighted by Crippen LogP contribution is 2.03. The lowest BCUT2D eigenvalue weighted by Crippen LogP contribution is -2.57. The summed E-state index contributed by atoms with van der Waals surface area (Å²) < 4.78 is 0. The van der Waals surface area contributed by atoms with Crippen molar-refractivity contribution in [3.05, 3.63) is 36.4 Å². The number of aromatic nitrogens is 4. The highest BCUT2D eigenvalue weighted by Gasteiger charge is 2.30. The van der Waals surface area contributed by atoms with Gasteiger partial charge in [0.15, 0.2) is 0 Å². The molecule has 36 heavy (non-hydrogen) atoms. The number of aliphatic hydroxyl groups is 1. The highest BCUT2D eigenvalue weighted by atomic mass is 16.4. The molecule has 0 bridgehead atoms. The van der Waals surface area contributed by atoms with E-state index in [1.807, 2.05) is 0 Å². The molecule has 0 aliphatic carbocycles. The summed E-state index contributed by atoms with van der Waals surface area (Å²) in [6.07, 6.45) is 5.53. The van der Waals surface area contributed by atoms with Crippen molar-refractivity contribution >= 4 is 29.5 Å². The third-order valence-corrected chi connectivity index (χ3v) is 4.94. The summed E-state index contributed by atoms with van der Waals surface area (Å²) in [6, 6.07) is -3.95. The predicted molar refractivity (Wildman–Crippen MR) is 123 cm³/mol. The lowest BCUT2D eigenvalue weighted by atomic mass is 10.1. The third kappa shape index (κ3) is 9.63. The van der Waals surface area contributed by atoms with Gasteiger partial charge >= 0.3 is 5.97 Å². The molecule has 3 amide bonds. The molecule has 0 unspecified atom stereocenters. The van der Waals surface area contributed by atoms with Crippen molar-refractivity contribution in [2.75, 3.05) is 19.7 Å². The van der Waals surface area contributed by atoms with Crippen LogP contribution < -0.4 is 21.3 Å². The number of carbonyl (C=O) groups excluding carboxylic acids is 4. The van der Waals surface area contributed by atoms with E-state index in [-0.39, 0.29) is 38.1 Å². The lowest BCUT2D eigenvalue weighted by molar-refractivity contribution is -0.142. The summed E-state index contributed by atoms with van der Waals surface area (Å²) in [5.41, 5.74) is 0.994. The summed E-state index contributed by atoms with van der Waals surface area (Å²) >= 11 is 0. The van der Waals surface area contributed by atoms with Crippen LogP contribution in [0.5, 0.6) is 0 Å². The molecule has 0 spiro atoms. The number of nitrogens with one attached hydrogen (secondary N) is 6. The van der Waals surface area contributed by atoms with E-state index in [1.54, 1.807) is 0 Å². The molecular formula is C21H30N8O7. The van der Waals surface area contributed by atoms with E-state index < -0.39 is 48.4 Å². The number of carboxylic acid groups (broad SMARTS) is 1. The van der Waals surface area contributed by atoms with Gasteiger partial charge in [0, 0.05) is 49.6 Å². The van der Waals surface area contributed by atoms with Gasteiger partial charge in [0.25, 0.3) is 0 Å². The fourth-order valence-electron chi connectivity index (χ4n) is 3.11. The lowest BCUT2D eigenvalue weighted by Gasteiger charge is -2.23. The summed E-state index contributed by atoms with van der Waals surface area (Å²) in [4.78, 5) is 73.7. The molecule has 196 valence electrons. The van der Waals surface area contributed by atoms with Crippen molar-refractivity contribution in [2.45, 2.75) is 44.3 Å². The zero-order valence-electron chi connectivity index (χ0n) is 19.6. The van der Waals surface area contributed by atoms with Crippen LogP contribution in [0, 0.1) is 0 Å². The Morgan fingerprint density at radius 3 is 1.94 bits per heavy atom. The first kappa shape index (κ1) is 28.1. The molecular weight excluding hydrogens is 476 g/mol. The van der Waals surface area contributed by atoms with E-state index in [4.69, 9.17) is 0 Å². The van der Waals surface area contributed by atoms with Gasteiger partial charge in [-0.1, -0.05) is 0 Å². The van der Waals surface area contributed by atoms with Crippen LogP contribution in [0.3, 0.4) is 0 Å². The van der Waals surface area contributed by atoms with Crippen molar-refractivity contribution in [1.29, 1.82) is 0 Å². The SMILES string of the molecule is CC(=O)CNCCC(=O)N[C@@H](Cc1cnc[nH]1)C(=O)N[C@@H](CO)C(=O)N[C@@H](Cc1cnc[nH]1)C(=O)O. The topological polar surface area (TPSA) is 231 Å². The molecule has 2 heterocycles. The van der Waals surface area contributed by atoms with Crippen LogP contribution in [0.15, 0.2) is 25.0 Å². The number of nitrogens with zero attached hydrogens (tertiary/aromatic N) is 2. The Morgan fingerprint density at radius 1 is 0.889 bits per heavy atom. The number of hydrogen-bond acceptors (Lipinski definition) is 9. The van der Waals surface area contributed by atoms with Crippen molar-refractivity contribution < 1.29 is 34.2 Å². The summed E-state index contributed by atoms with van der Waals surface area (Å²) in [5.74, 6) is -3.58. The molecule has 3 atom stereocenters. The van der Waals surface area contributed by atoms with E-state index in [1.165, 1.54) is 32.0 Å². The number of rotatable bonds is 16. The van der Waals surface area contributed by atoms with Gasteiger partial charge in [0.05, 0.1) is 25.8 Å². The molecule has 15 heteroatoms. The standard InChI is InChI=1S/C21H30N8O7/c1-12(31)6-22-3-2-18(32)27-15(4-13-7-23-10-25-13)19(33)29-17(9-30)20(34)28-16(21(35)36)5-14-8-24-11-26-14/h7-8,10-11,15-17,22,30H,2-6,9H2,1H3,(H,23,25)(H,24,26)(H,27,32)(H,28,34)(H,29,33)(H,35,36)/t15-,16-,17-/m0/s1. The molecule has 0 fully saturated rings. The molecule has 0 aromatic carbocycles. The second kappa shape index (κ2) is 14.3. The first-order valence-corrected chi connectivity index (χ1v) is 11.1. The smallest absolute Gasteiger partial charge is 0.326 e. The highest BCUT2D eigenvalue weighted by molar-refractivity contribution is 5.93. The largest absolute Gasteiger partial charge is 0.480 e. The van der Waals surface area contributed by atoms with Gasteiger partial charge in [0.1, 0.15) is 23.9 Å². The van der Waals surface area contributed by atoms with Crippen molar-refractivity contribution in [3.8, 4) is 0 Å². The van der Waals surface area contributed by atoms with Crippen LogP contribution in [0.25, 0.3) is 0 Å². The van der Waals surface area contributed by atoms with Crippen LogP contribution in [-0.4, -0.2) is 97.4 Å². The van der Waals surface area contributed by atoms with Gasteiger partial charge in [-0.2, -0.15) is 0 Å². The molecule has 0 saturated carbocycles. The molecule has 0 aliphatic heterocycles. The Kier molecular flexibility index (Phi) is 11.2. The molecule has 8 N–H and O–H groups in total. The van der Waals surface area contributed by atoms with E-state index in [2.05, 4.69) is 41.2 Å². The Hall–Kier alpha value is -4.11. The maximum absolute atomic E-state index is 12.9. The number of carboxylic acids is 1. The van der Waals surface area contributed by atoms with E-state index >= 15 is 0 Å². The Balaban J connectivity index is 2.01. The van der Waals surface area contributed by atoms with Crippen molar-refractivity contribution in [1.82, 2.24) is 41.2 Å². The Labute approximate surface area is 205 Å². The van der Waals surface area contributed by atoms with Crippen LogP contribution in [-0.2, 0) is 36.8 Å². The van der Waals surface area contributed by atoms with Crippen LogP contribution in [0.2, 0.25) is 0 Å². The van der Waals surface area contributed by atoms with Crippen LogP contribution >= 0.6 is 0 Å². The Bertz CT molecular complexity index is 1010. The second-order valence-electron chi connectivity index (χ2n) is 7.95. The maximum atomic E-state index is 12.9. The van der Waals surface area contributed by atoms with Crippen LogP contribution in [0.4, 0.5) is 0 Å². The molecule has 2 aromatic heterocycles. The summed E-state index contributed by atoms with van der Waals surface area (Å²) in [7, 11) is 0. The average Bonchev–Trinajstić information content (AvgIpc) is 3.53. The van der Waals surface area contributed by atoms with E-state index in [0.717, 1.165) is 0 Å². The average molecular weight is 507 g/mol. The second-order valence-corrected chi connectivity index (χ2v) is 7.95. The molecule has 0 radical (unpaired) electrons. The Morgan fingerprint density at radius 2 is 1.44 bits per heavy atom. The molecule has 2 aromatic rings. The number of aliphatic hydroxyl groups excluding tert-OH is 1. The minimum atomic E-state index is -1.47. The summed E-state index contributed by atoms with van der Waals surface area (Å²) in [6.45, 7) is 0.907.